The number of nitrogens with one attached hydrogen (secondary N) is 3. The van der Waals surface area contributed by atoms with Crippen molar-refractivity contribution in [3.63, 3.8) is 0 Å². The summed E-state index contributed by atoms with van der Waals surface area (Å²) in [6.45, 7) is 6.13. The Bertz CT molecular complexity index is 1020. The molecule has 4 fully saturated rings. The molecule has 0 saturated carbocycles. The SMILES string of the molecule is C[C@@H](NC(=O)[C@H]1C[C@H](N)CN1)[C@H]1C(=O)N2C(C(=O)O)=C(S[C@@H]3CN[C@H](C(=O)N4CCC(N)C4)C3)[C@H](C)[C@H]12. The molecule has 9 atom stereocenters. The van der Waals surface area contributed by atoms with Crippen molar-refractivity contribution in [1.82, 2.24) is 25.8 Å². The molecule has 5 rings (SSSR count). The van der Waals surface area contributed by atoms with Gasteiger partial charge in [-0.15, -0.1) is 11.8 Å². The lowest BCUT2D eigenvalue weighted by Gasteiger charge is -2.47. The first-order valence-electron chi connectivity index (χ1n) is 13.1. The van der Waals surface area contributed by atoms with Gasteiger partial charge in [-0.25, -0.2) is 4.79 Å². The second-order valence-corrected chi connectivity index (χ2v) is 12.4. The van der Waals surface area contributed by atoms with Gasteiger partial charge in [-0.05, 0) is 26.2 Å². The van der Waals surface area contributed by atoms with Crippen LogP contribution in [0.2, 0.25) is 0 Å². The first kappa shape index (κ1) is 26.4. The van der Waals surface area contributed by atoms with Crippen LogP contribution in [0.4, 0.5) is 0 Å². The fraction of sp³-hybridized carbons (Fsp3) is 0.750. The number of carbonyl (C=O) groups is 4. The van der Waals surface area contributed by atoms with Gasteiger partial charge in [-0.1, -0.05) is 6.92 Å². The number of thioether (sulfide) groups is 1. The zero-order valence-corrected chi connectivity index (χ0v) is 22.0. The number of nitrogens with zero attached hydrogens (tertiary/aromatic N) is 2. The molecule has 0 spiro atoms. The second kappa shape index (κ2) is 10.2. The third-order valence-corrected chi connectivity index (χ3v) is 9.91. The third kappa shape index (κ3) is 4.76. The van der Waals surface area contributed by atoms with Gasteiger partial charge in [-0.3, -0.25) is 14.4 Å². The van der Waals surface area contributed by atoms with Gasteiger partial charge in [0.25, 0.3) is 0 Å². The van der Waals surface area contributed by atoms with Gasteiger partial charge in [0.05, 0.1) is 24.0 Å². The van der Waals surface area contributed by atoms with E-state index in [0.29, 0.717) is 43.9 Å². The number of carbonyl (C=O) groups excluding carboxylic acids is 3. The van der Waals surface area contributed by atoms with Crippen LogP contribution in [0.1, 0.15) is 33.1 Å². The molecule has 0 aliphatic carbocycles. The van der Waals surface area contributed by atoms with Crippen molar-refractivity contribution in [2.45, 2.75) is 74.6 Å². The second-order valence-electron chi connectivity index (χ2n) is 11.1. The molecule has 0 bridgehead atoms. The Balaban J connectivity index is 1.23. The minimum atomic E-state index is -1.13. The molecule has 37 heavy (non-hydrogen) atoms. The van der Waals surface area contributed by atoms with Crippen molar-refractivity contribution in [1.29, 1.82) is 0 Å². The average Bonchev–Trinajstić information content (AvgIpc) is 3.62. The molecule has 8 N–H and O–H groups in total. The number of carboxylic acid groups (broad SMARTS) is 1. The van der Waals surface area contributed by atoms with Crippen LogP contribution in [0.3, 0.4) is 0 Å². The Morgan fingerprint density at radius 3 is 2.49 bits per heavy atom. The quantitative estimate of drug-likeness (QED) is 0.199. The molecule has 204 valence electrons. The average molecular weight is 536 g/mol. The molecule has 12 nitrogen and oxygen atoms in total. The highest BCUT2D eigenvalue weighted by atomic mass is 32.2. The van der Waals surface area contributed by atoms with E-state index >= 15 is 0 Å². The van der Waals surface area contributed by atoms with E-state index in [1.54, 1.807) is 11.8 Å². The van der Waals surface area contributed by atoms with Crippen molar-refractivity contribution in [3.05, 3.63) is 10.6 Å². The van der Waals surface area contributed by atoms with Crippen molar-refractivity contribution < 1.29 is 24.3 Å². The maximum absolute atomic E-state index is 13.2. The van der Waals surface area contributed by atoms with Crippen molar-refractivity contribution in [3.8, 4) is 0 Å². The summed E-state index contributed by atoms with van der Waals surface area (Å²) in [6, 6.07) is -1.52. The Hall–Kier alpha value is -2.19. The van der Waals surface area contributed by atoms with E-state index in [9.17, 15) is 24.3 Å². The van der Waals surface area contributed by atoms with E-state index < -0.39 is 17.9 Å². The number of nitrogens with two attached hydrogens (primary N) is 2. The van der Waals surface area contributed by atoms with Gasteiger partial charge in [0, 0.05) is 60.4 Å². The molecule has 5 heterocycles. The molecule has 1 unspecified atom stereocenters. The van der Waals surface area contributed by atoms with Gasteiger partial charge in [0.2, 0.25) is 17.7 Å². The fourth-order valence-corrected chi connectivity index (χ4v) is 7.92. The summed E-state index contributed by atoms with van der Waals surface area (Å²) in [5.74, 6) is -2.25. The maximum Gasteiger partial charge on any atom is 0.353 e. The number of carboxylic acids is 1. The number of rotatable bonds is 7. The van der Waals surface area contributed by atoms with E-state index in [0.717, 1.165) is 6.42 Å². The third-order valence-electron chi connectivity index (χ3n) is 8.40. The van der Waals surface area contributed by atoms with E-state index in [1.807, 2.05) is 6.92 Å². The van der Waals surface area contributed by atoms with Crippen LogP contribution < -0.4 is 27.4 Å². The van der Waals surface area contributed by atoms with Crippen LogP contribution in [0.5, 0.6) is 0 Å². The fourth-order valence-electron chi connectivity index (χ4n) is 6.44. The van der Waals surface area contributed by atoms with Crippen LogP contribution in [-0.4, -0.2) is 106 Å². The number of β-lactam (4-membered cyclic amide) rings is 1. The zero-order valence-electron chi connectivity index (χ0n) is 21.2. The summed E-state index contributed by atoms with van der Waals surface area (Å²) in [7, 11) is 0. The molecule has 0 radical (unpaired) electrons. The van der Waals surface area contributed by atoms with E-state index in [2.05, 4.69) is 16.0 Å². The van der Waals surface area contributed by atoms with Gasteiger partial charge in [0.1, 0.15) is 5.70 Å². The molecule has 5 aliphatic heterocycles. The lowest BCUT2D eigenvalue weighted by Crippen LogP contribution is -2.66. The van der Waals surface area contributed by atoms with Crippen LogP contribution in [-0.2, 0) is 19.2 Å². The minimum Gasteiger partial charge on any atom is -0.477 e. The predicted molar refractivity (Wildman–Crippen MR) is 137 cm³/mol. The highest BCUT2D eigenvalue weighted by molar-refractivity contribution is 8.03. The molecule has 0 aromatic rings. The smallest absolute Gasteiger partial charge is 0.353 e. The van der Waals surface area contributed by atoms with Crippen molar-refractivity contribution >= 4 is 35.5 Å². The lowest BCUT2D eigenvalue weighted by atomic mass is 9.78. The molecule has 13 heteroatoms. The van der Waals surface area contributed by atoms with Gasteiger partial charge < -0.3 is 42.3 Å². The van der Waals surface area contributed by atoms with Gasteiger partial charge in [-0.2, -0.15) is 0 Å². The van der Waals surface area contributed by atoms with E-state index in [1.165, 1.54) is 16.7 Å². The van der Waals surface area contributed by atoms with Crippen LogP contribution in [0.25, 0.3) is 0 Å². The number of amides is 3. The maximum atomic E-state index is 13.2. The first-order chi connectivity index (χ1) is 17.6. The number of likely N-dealkylation sites (tertiary alicyclic amines) is 1. The molecule has 4 saturated heterocycles. The normalized spacial score (nSPS) is 38.1. The Labute approximate surface area is 220 Å². The Kier molecular flexibility index (Phi) is 7.26. The van der Waals surface area contributed by atoms with Crippen LogP contribution in [0, 0.1) is 11.8 Å². The van der Waals surface area contributed by atoms with Gasteiger partial charge in [0.15, 0.2) is 0 Å². The molecular formula is C24H37N7O5S. The summed E-state index contributed by atoms with van der Waals surface area (Å²) in [5, 5.41) is 19.4. The molecule has 5 aliphatic rings. The van der Waals surface area contributed by atoms with Crippen LogP contribution in [0.15, 0.2) is 10.6 Å². The minimum absolute atomic E-state index is 0.0130. The highest BCUT2D eigenvalue weighted by Gasteiger charge is 2.60. The topological polar surface area (TPSA) is 183 Å². The summed E-state index contributed by atoms with van der Waals surface area (Å²) in [6.07, 6.45) is 1.93. The number of aliphatic carboxylic acids is 1. The molecule has 3 amide bonds. The van der Waals surface area contributed by atoms with E-state index in [4.69, 9.17) is 11.5 Å². The van der Waals surface area contributed by atoms with Crippen LogP contribution >= 0.6 is 11.8 Å². The zero-order chi connectivity index (χ0) is 26.6. The molecule has 0 aromatic carbocycles. The number of hydrogen-bond acceptors (Lipinski definition) is 9. The molecule has 0 aromatic heterocycles. The summed E-state index contributed by atoms with van der Waals surface area (Å²) in [4.78, 5) is 54.8. The number of hydrogen-bond donors (Lipinski definition) is 6. The van der Waals surface area contributed by atoms with Crippen molar-refractivity contribution in [2.75, 3.05) is 26.2 Å². The summed E-state index contributed by atoms with van der Waals surface area (Å²) < 4.78 is 0. The predicted octanol–water partition coefficient (Wildman–Crippen LogP) is -2.02. The van der Waals surface area contributed by atoms with Gasteiger partial charge >= 0.3 is 5.97 Å². The van der Waals surface area contributed by atoms with E-state index in [-0.39, 0.29) is 64.8 Å². The molecular weight excluding hydrogens is 498 g/mol. The summed E-state index contributed by atoms with van der Waals surface area (Å²) in [5.41, 5.74) is 11.9. The lowest BCUT2D eigenvalue weighted by molar-refractivity contribution is -0.158. The summed E-state index contributed by atoms with van der Waals surface area (Å²) >= 11 is 1.46. The largest absolute Gasteiger partial charge is 0.477 e. The standard InChI is InChI=1S/C24H37N7O5S/c1-10-18-17(11(2)29-21(32)15-5-13(26)7-27-15)23(34)31(18)19(24(35)36)20(10)37-14-6-16(28-8-14)22(33)30-4-3-12(25)9-30/h10-18,27-28H,3-9,25-26H2,1-2H3,(H,29,32)(H,35,36)/t10-,11-,12?,13+,14+,15-,16+,17-,18-/m1/s1. The monoisotopic (exact) mass is 535 g/mol. The Morgan fingerprint density at radius 2 is 1.86 bits per heavy atom. The first-order valence-corrected chi connectivity index (χ1v) is 14.0. The van der Waals surface area contributed by atoms with Crippen molar-refractivity contribution in [2.24, 2.45) is 23.3 Å². The Morgan fingerprint density at radius 1 is 1.14 bits per heavy atom. The number of fused-ring (bicyclic) bond motifs is 1. The highest BCUT2D eigenvalue weighted by Crippen LogP contribution is 2.51.